The summed E-state index contributed by atoms with van der Waals surface area (Å²) in [7, 11) is 2.05. The fraction of sp³-hybridized carbons (Fsp3) is 0.538. The molecule has 4 heteroatoms. The number of halogens is 2. The minimum Gasteiger partial charge on any atom is -0.312 e. The van der Waals surface area contributed by atoms with Crippen LogP contribution >= 0.6 is 24.8 Å². The summed E-state index contributed by atoms with van der Waals surface area (Å²) in [4.78, 5) is 2.55. The third-order valence-electron chi connectivity index (χ3n) is 3.19. The van der Waals surface area contributed by atoms with Crippen LogP contribution < -0.4 is 5.32 Å². The Morgan fingerprint density at radius 3 is 2.24 bits per heavy atom. The zero-order chi connectivity index (χ0) is 10.5. The van der Waals surface area contributed by atoms with Crippen molar-refractivity contribution in [2.75, 3.05) is 26.7 Å². The molecular weight excluding hydrogens is 255 g/mol. The monoisotopic (exact) mass is 276 g/mol. The maximum atomic E-state index is 3.40. The van der Waals surface area contributed by atoms with E-state index in [1.165, 1.54) is 31.5 Å². The molecule has 1 aliphatic heterocycles. The van der Waals surface area contributed by atoms with E-state index in [1.54, 1.807) is 0 Å². The zero-order valence-corrected chi connectivity index (χ0v) is 11.9. The van der Waals surface area contributed by atoms with Gasteiger partial charge < -0.3 is 10.2 Å². The first-order valence-corrected chi connectivity index (χ1v) is 5.84. The molecule has 2 rings (SSSR count). The van der Waals surface area contributed by atoms with E-state index in [9.17, 15) is 0 Å². The van der Waals surface area contributed by atoms with Crippen LogP contribution in [0.5, 0.6) is 0 Å². The van der Waals surface area contributed by atoms with Gasteiger partial charge in [-0.2, -0.15) is 0 Å². The van der Waals surface area contributed by atoms with Crippen LogP contribution in [0.25, 0.3) is 0 Å². The highest BCUT2D eigenvalue weighted by Crippen LogP contribution is 2.16. The van der Waals surface area contributed by atoms with Crippen molar-refractivity contribution >= 4 is 24.8 Å². The fourth-order valence-electron chi connectivity index (χ4n) is 2.27. The summed E-state index contributed by atoms with van der Waals surface area (Å²) in [5.74, 6) is 0. The van der Waals surface area contributed by atoms with E-state index in [1.807, 2.05) is 7.05 Å². The molecule has 2 nitrogen and oxygen atoms in total. The average Bonchev–Trinajstić information content (AvgIpc) is 2.80. The number of nitrogens with one attached hydrogen (secondary N) is 1. The van der Waals surface area contributed by atoms with E-state index in [-0.39, 0.29) is 24.8 Å². The van der Waals surface area contributed by atoms with Crippen LogP contribution in [0.4, 0.5) is 0 Å². The van der Waals surface area contributed by atoms with Crippen LogP contribution in [0, 0.1) is 0 Å². The van der Waals surface area contributed by atoms with Gasteiger partial charge in [-0.1, -0.05) is 30.3 Å². The lowest BCUT2D eigenvalue weighted by atomic mass is 10.1. The Balaban J connectivity index is 0.00000128. The molecule has 0 spiro atoms. The quantitative estimate of drug-likeness (QED) is 0.910. The highest BCUT2D eigenvalue weighted by molar-refractivity contribution is 5.85. The maximum absolute atomic E-state index is 3.40. The molecule has 0 radical (unpaired) electrons. The molecule has 1 aromatic rings. The van der Waals surface area contributed by atoms with E-state index >= 15 is 0 Å². The van der Waals surface area contributed by atoms with E-state index in [2.05, 4.69) is 40.5 Å². The Morgan fingerprint density at radius 2 is 1.71 bits per heavy atom. The number of rotatable bonds is 4. The normalized spacial score (nSPS) is 17.0. The highest BCUT2D eigenvalue weighted by Gasteiger charge is 2.17. The van der Waals surface area contributed by atoms with E-state index in [0.717, 1.165) is 6.54 Å². The van der Waals surface area contributed by atoms with Gasteiger partial charge in [0.1, 0.15) is 0 Å². The van der Waals surface area contributed by atoms with Gasteiger partial charge in [-0.15, -0.1) is 24.8 Å². The number of nitrogens with zero attached hydrogens (tertiary/aromatic N) is 1. The second kappa shape index (κ2) is 8.76. The molecule has 0 amide bonds. The Labute approximate surface area is 117 Å². The van der Waals surface area contributed by atoms with Crippen molar-refractivity contribution in [1.82, 2.24) is 10.2 Å². The Bertz CT molecular complexity index is 287. The van der Waals surface area contributed by atoms with Crippen LogP contribution in [0.15, 0.2) is 30.3 Å². The number of benzene rings is 1. The molecule has 98 valence electrons. The van der Waals surface area contributed by atoms with Crippen molar-refractivity contribution in [2.45, 2.75) is 18.9 Å². The van der Waals surface area contributed by atoms with Gasteiger partial charge in [0.25, 0.3) is 0 Å². The summed E-state index contributed by atoms with van der Waals surface area (Å²) < 4.78 is 0. The van der Waals surface area contributed by atoms with Crippen molar-refractivity contribution in [3.63, 3.8) is 0 Å². The molecule has 1 saturated heterocycles. The van der Waals surface area contributed by atoms with E-state index in [0.29, 0.717) is 6.04 Å². The molecule has 1 atom stereocenters. The molecule has 1 unspecified atom stereocenters. The maximum Gasteiger partial charge on any atom is 0.0446 e. The van der Waals surface area contributed by atoms with Crippen LogP contribution in [0.3, 0.4) is 0 Å². The third-order valence-corrected chi connectivity index (χ3v) is 3.19. The SMILES string of the molecule is CNC(CN1CCCC1)c1ccccc1.Cl.Cl. The van der Waals surface area contributed by atoms with Crippen LogP contribution in [-0.4, -0.2) is 31.6 Å². The summed E-state index contributed by atoms with van der Waals surface area (Å²) in [6.45, 7) is 3.68. The number of likely N-dealkylation sites (N-methyl/N-ethyl adjacent to an activating group) is 1. The van der Waals surface area contributed by atoms with Crippen molar-refractivity contribution in [1.29, 1.82) is 0 Å². The van der Waals surface area contributed by atoms with Crippen molar-refractivity contribution in [3.05, 3.63) is 35.9 Å². The van der Waals surface area contributed by atoms with Gasteiger partial charge in [0, 0.05) is 12.6 Å². The van der Waals surface area contributed by atoms with Crippen LogP contribution in [-0.2, 0) is 0 Å². The van der Waals surface area contributed by atoms with Crippen molar-refractivity contribution in [3.8, 4) is 0 Å². The largest absolute Gasteiger partial charge is 0.312 e. The molecule has 17 heavy (non-hydrogen) atoms. The second-order valence-corrected chi connectivity index (χ2v) is 4.26. The van der Waals surface area contributed by atoms with Crippen LogP contribution in [0.1, 0.15) is 24.4 Å². The fourth-order valence-corrected chi connectivity index (χ4v) is 2.27. The van der Waals surface area contributed by atoms with E-state index < -0.39 is 0 Å². The molecule has 0 aliphatic carbocycles. The van der Waals surface area contributed by atoms with Crippen LogP contribution in [0.2, 0.25) is 0 Å². The smallest absolute Gasteiger partial charge is 0.0446 e. The lowest BCUT2D eigenvalue weighted by Gasteiger charge is -2.23. The van der Waals surface area contributed by atoms with Gasteiger partial charge in [0.2, 0.25) is 0 Å². The molecule has 1 aliphatic rings. The first-order valence-electron chi connectivity index (χ1n) is 5.84. The molecule has 1 aromatic carbocycles. The minimum absolute atomic E-state index is 0. The Kier molecular flexibility index (Phi) is 8.61. The van der Waals surface area contributed by atoms with Gasteiger partial charge in [-0.25, -0.2) is 0 Å². The van der Waals surface area contributed by atoms with Crippen molar-refractivity contribution < 1.29 is 0 Å². The molecular formula is C13H22Cl2N2. The lowest BCUT2D eigenvalue weighted by molar-refractivity contribution is 0.299. The molecule has 1 N–H and O–H groups in total. The summed E-state index contributed by atoms with van der Waals surface area (Å²) >= 11 is 0. The average molecular weight is 277 g/mol. The number of hydrogen-bond acceptors (Lipinski definition) is 2. The topological polar surface area (TPSA) is 15.3 Å². The van der Waals surface area contributed by atoms with Gasteiger partial charge in [-0.05, 0) is 38.5 Å². The summed E-state index contributed by atoms with van der Waals surface area (Å²) in [6.07, 6.45) is 2.73. The number of likely N-dealkylation sites (tertiary alicyclic amines) is 1. The van der Waals surface area contributed by atoms with E-state index in [4.69, 9.17) is 0 Å². The summed E-state index contributed by atoms with van der Waals surface area (Å²) in [5.41, 5.74) is 1.40. The Morgan fingerprint density at radius 1 is 1.12 bits per heavy atom. The molecule has 0 saturated carbocycles. The summed E-state index contributed by atoms with van der Waals surface area (Å²) in [5, 5.41) is 3.40. The first-order chi connectivity index (χ1) is 7.40. The zero-order valence-electron chi connectivity index (χ0n) is 10.3. The first kappa shape index (κ1) is 16.7. The molecule has 1 fully saturated rings. The second-order valence-electron chi connectivity index (χ2n) is 4.26. The predicted molar refractivity (Wildman–Crippen MR) is 78.4 cm³/mol. The predicted octanol–water partition coefficient (Wildman–Crippen LogP) is 2.89. The molecule has 0 bridgehead atoms. The summed E-state index contributed by atoms with van der Waals surface area (Å²) in [6, 6.07) is 11.2. The van der Waals surface area contributed by atoms with Gasteiger partial charge >= 0.3 is 0 Å². The lowest BCUT2D eigenvalue weighted by Crippen LogP contribution is -2.31. The number of hydrogen-bond donors (Lipinski definition) is 1. The van der Waals surface area contributed by atoms with Crippen molar-refractivity contribution in [2.24, 2.45) is 0 Å². The van der Waals surface area contributed by atoms with Gasteiger partial charge in [-0.3, -0.25) is 0 Å². The third kappa shape index (κ3) is 4.84. The molecule has 0 aromatic heterocycles. The Hall–Kier alpha value is -0.280. The van der Waals surface area contributed by atoms with Gasteiger partial charge in [0.15, 0.2) is 0 Å². The minimum atomic E-state index is 0. The standard InChI is InChI=1S/C13H20N2.2ClH/c1-14-13(11-15-9-5-6-10-15)12-7-3-2-4-8-12;;/h2-4,7-8,13-14H,5-6,9-11H2,1H3;2*1H. The molecule has 1 heterocycles. The van der Waals surface area contributed by atoms with Gasteiger partial charge in [0.05, 0.1) is 0 Å². The highest BCUT2D eigenvalue weighted by atomic mass is 35.5.